The molecule has 14 nitrogen and oxygen atoms in total. The van der Waals surface area contributed by atoms with Gasteiger partial charge in [-0.2, -0.15) is 0 Å². The van der Waals surface area contributed by atoms with Crippen molar-refractivity contribution >= 4 is 0 Å². The first kappa shape index (κ1) is 44.2. The number of hydrogen-bond acceptors (Lipinski definition) is 14. The van der Waals surface area contributed by atoms with Crippen LogP contribution in [0.15, 0.2) is 11.6 Å². The van der Waals surface area contributed by atoms with Gasteiger partial charge in [-0.15, -0.1) is 0 Å². The van der Waals surface area contributed by atoms with Crippen LogP contribution in [0.3, 0.4) is 0 Å². The molecular weight excluding hydrogens is 740 g/mol. The van der Waals surface area contributed by atoms with E-state index in [2.05, 4.69) is 40.7 Å². The molecule has 0 aromatic rings. The van der Waals surface area contributed by atoms with Gasteiger partial charge >= 0.3 is 0 Å². The highest BCUT2D eigenvalue weighted by atomic mass is 16.7. The molecule has 0 amide bonds. The van der Waals surface area contributed by atoms with Crippen LogP contribution in [0, 0.1) is 50.2 Å². The van der Waals surface area contributed by atoms with Crippen LogP contribution in [-0.2, 0) is 23.7 Å². The second-order valence-corrected chi connectivity index (χ2v) is 21.0. The van der Waals surface area contributed by atoms with Gasteiger partial charge in [-0.25, -0.2) is 0 Å². The number of fused-ring (bicyclic) bond motifs is 7. The molecule has 0 aromatic carbocycles. The SMILES string of the molecule is CO[C@@H]1C=C2[C@@H]3CC(C)(C)CC[C@]3(CO)[C@H](O)C[C@@]2(C)[C@]2(C)CC[C@H]3[C@](C)(CO)[C@@H](O[C@@H]4O[C@H](C)[C@@H](O)[C@H](O[C@@H]5O[C@H](CO)[C@H](O)[C@H](O)[C@H]5O)[C@H]4O)CC[C@]3(C)[C@@H]12. The minimum Gasteiger partial charge on any atom is -0.396 e. The summed E-state index contributed by atoms with van der Waals surface area (Å²) in [7, 11) is 1.78. The Morgan fingerprint density at radius 3 is 2.05 bits per heavy atom. The number of allylic oxidation sites excluding steroid dienone is 1. The molecule has 7 aliphatic rings. The maximum absolute atomic E-state index is 12.1. The van der Waals surface area contributed by atoms with Gasteiger partial charge in [-0.1, -0.05) is 53.2 Å². The Balaban J connectivity index is 1.17. The molecule has 0 radical (unpaired) electrons. The van der Waals surface area contributed by atoms with Crippen LogP contribution in [0.25, 0.3) is 0 Å². The Bertz CT molecular complexity index is 1490. The minimum absolute atomic E-state index is 0.0303. The Labute approximate surface area is 337 Å². The topological polar surface area (TPSA) is 228 Å². The Hall–Kier alpha value is -0.820. The average Bonchev–Trinajstić information content (AvgIpc) is 3.16. The molecule has 9 N–H and O–H groups in total. The van der Waals surface area contributed by atoms with Crippen molar-refractivity contribution in [3.63, 3.8) is 0 Å². The van der Waals surface area contributed by atoms with Crippen LogP contribution in [-0.4, -0.2) is 153 Å². The lowest BCUT2D eigenvalue weighted by molar-refractivity contribution is -0.368. The van der Waals surface area contributed by atoms with E-state index in [1.165, 1.54) is 5.57 Å². The van der Waals surface area contributed by atoms with Gasteiger partial charge in [0.1, 0.15) is 42.7 Å². The van der Waals surface area contributed by atoms with Gasteiger partial charge in [0.15, 0.2) is 12.6 Å². The van der Waals surface area contributed by atoms with E-state index in [-0.39, 0.29) is 58.7 Å². The number of aliphatic hydroxyl groups excluding tert-OH is 9. The maximum atomic E-state index is 12.1. The molecule has 0 aromatic heterocycles. The summed E-state index contributed by atoms with van der Waals surface area (Å²) in [5.74, 6) is 0.0264. The monoisotopic (exact) mass is 812 g/mol. The predicted octanol–water partition coefficient (Wildman–Crippen LogP) is 1.39. The molecule has 2 heterocycles. The van der Waals surface area contributed by atoms with Crippen LogP contribution < -0.4 is 0 Å². The zero-order valence-corrected chi connectivity index (χ0v) is 35.2. The Kier molecular flexibility index (Phi) is 11.8. The van der Waals surface area contributed by atoms with Crippen molar-refractivity contribution in [3.8, 4) is 0 Å². The van der Waals surface area contributed by atoms with E-state index >= 15 is 0 Å². The molecular formula is C43H72O14. The highest BCUT2D eigenvalue weighted by Crippen LogP contribution is 2.76. The fourth-order valence-corrected chi connectivity index (χ4v) is 14.0. The molecule has 2 saturated heterocycles. The van der Waals surface area contributed by atoms with Crippen LogP contribution >= 0.6 is 0 Å². The number of ether oxygens (including phenoxy) is 5. The van der Waals surface area contributed by atoms with Crippen molar-refractivity contribution in [2.75, 3.05) is 26.9 Å². The summed E-state index contributed by atoms with van der Waals surface area (Å²) in [6, 6.07) is 0. The first-order valence-electron chi connectivity index (χ1n) is 21.4. The van der Waals surface area contributed by atoms with Crippen LogP contribution in [0.1, 0.15) is 99.8 Å². The lowest BCUT2D eigenvalue weighted by atomic mass is 9.32. The number of aliphatic hydroxyl groups is 9. The first-order chi connectivity index (χ1) is 26.6. The molecule has 0 unspecified atom stereocenters. The summed E-state index contributed by atoms with van der Waals surface area (Å²) in [6.45, 7) is 14.4. The second-order valence-electron chi connectivity index (χ2n) is 21.0. The lowest BCUT2D eigenvalue weighted by Crippen LogP contribution is -2.70. The molecule has 21 atom stereocenters. The molecule has 7 rings (SSSR count). The number of rotatable bonds is 8. The van der Waals surface area contributed by atoms with E-state index in [1.807, 2.05) is 6.92 Å². The molecule has 6 fully saturated rings. The van der Waals surface area contributed by atoms with Crippen LogP contribution in [0.5, 0.6) is 0 Å². The normalized spacial score (nSPS) is 56.1. The Morgan fingerprint density at radius 2 is 1.42 bits per heavy atom. The molecule has 328 valence electrons. The van der Waals surface area contributed by atoms with Crippen LogP contribution in [0.4, 0.5) is 0 Å². The summed E-state index contributed by atoms with van der Waals surface area (Å²) in [5.41, 5.74) is -0.934. The Morgan fingerprint density at radius 1 is 0.737 bits per heavy atom. The number of methoxy groups -OCH3 is 1. The number of hydrogen-bond donors (Lipinski definition) is 9. The van der Waals surface area contributed by atoms with Crippen molar-refractivity contribution in [2.24, 2.45) is 50.2 Å². The van der Waals surface area contributed by atoms with E-state index in [0.29, 0.717) is 12.8 Å². The molecule has 14 heteroatoms. The molecule has 2 aliphatic heterocycles. The van der Waals surface area contributed by atoms with Crippen molar-refractivity contribution in [3.05, 3.63) is 11.6 Å². The third kappa shape index (κ3) is 6.48. The third-order valence-electron chi connectivity index (χ3n) is 17.7. The first-order valence-corrected chi connectivity index (χ1v) is 21.4. The van der Waals surface area contributed by atoms with Gasteiger partial charge in [-0.3, -0.25) is 0 Å². The maximum Gasteiger partial charge on any atom is 0.187 e. The standard InChI is InChI=1S/C43H72O14/c1-21-29(48)34(57-36-32(51)31(50)30(49)25(18-44)55-36)33(52)37(54-21)56-28-10-11-39(4)26(40(28,5)19-45)9-12-41(6)35(39)24(53-8)15-22-23-16-38(2,3)13-14-43(23,20-46)27(47)17-42(22,41)7/h15,21,23-37,44-52H,9-14,16-20H2,1-8H3/t21-,23+,24-,25-,26-,27-,28+,29-,30+,31+,32-,33-,34+,35-,36+,37+,39+,40+,41-,42-,43-/m1/s1. The highest BCUT2D eigenvalue weighted by Gasteiger charge is 2.72. The van der Waals surface area contributed by atoms with Gasteiger partial charge in [0, 0.05) is 23.9 Å². The average molecular weight is 813 g/mol. The van der Waals surface area contributed by atoms with E-state index < -0.39 is 91.1 Å². The molecule has 0 spiro atoms. The quantitative estimate of drug-likeness (QED) is 0.125. The molecule has 0 bridgehead atoms. The van der Waals surface area contributed by atoms with Gasteiger partial charge in [0.05, 0.1) is 44.2 Å². The molecule has 4 saturated carbocycles. The smallest absolute Gasteiger partial charge is 0.187 e. The van der Waals surface area contributed by atoms with Crippen molar-refractivity contribution in [2.45, 2.75) is 180 Å². The summed E-state index contributed by atoms with van der Waals surface area (Å²) >= 11 is 0. The largest absolute Gasteiger partial charge is 0.396 e. The van der Waals surface area contributed by atoms with E-state index in [9.17, 15) is 46.0 Å². The summed E-state index contributed by atoms with van der Waals surface area (Å²) < 4.78 is 30.6. The fraction of sp³-hybridized carbons (Fsp3) is 0.953. The molecule has 5 aliphatic carbocycles. The zero-order valence-electron chi connectivity index (χ0n) is 35.2. The van der Waals surface area contributed by atoms with Crippen molar-refractivity contribution < 1.29 is 69.6 Å². The zero-order chi connectivity index (χ0) is 41.8. The second kappa shape index (κ2) is 15.2. The fourth-order valence-electron chi connectivity index (χ4n) is 14.0. The van der Waals surface area contributed by atoms with E-state index in [0.717, 1.165) is 38.5 Å². The lowest BCUT2D eigenvalue weighted by Gasteiger charge is -2.73. The third-order valence-corrected chi connectivity index (χ3v) is 17.7. The van der Waals surface area contributed by atoms with Gasteiger partial charge in [-0.05, 0) is 91.8 Å². The van der Waals surface area contributed by atoms with Gasteiger partial charge < -0.3 is 69.6 Å². The summed E-state index contributed by atoms with van der Waals surface area (Å²) in [4.78, 5) is 0. The van der Waals surface area contributed by atoms with Crippen LogP contribution in [0.2, 0.25) is 0 Å². The highest BCUT2D eigenvalue weighted by molar-refractivity contribution is 5.37. The summed E-state index contributed by atoms with van der Waals surface area (Å²) in [5, 5.41) is 98.1. The molecule has 57 heavy (non-hydrogen) atoms. The van der Waals surface area contributed by atoms with E-state index in [4.69, 9.17) is 23.7 Å². The van der Waals surface area contributed by atoms with Crippen molar-refractivity contribution in [1.82, 2.24) is 0 Å². The predicted molar refractivity (Wildman–Crippen MR) is 205 cm³/mol. The van der Waals surface area contributed by atoms with Crippen molar-refractivity contribution in [1.29, 1.82) is 0 Å². The van der Waals surface area contributed by atoms with Gasteiger partial charge in [0.2, 0.25) is 0 Å². The minimum atomic E-state index is -1.74. The summed E-state index contributed by atoms with van der Waals surface area (Å²) in [6.07, 6.45) is -7.49. The van der Waals surface area contributed by atoms with E-state index in [1.54, 1.807) is 14.0 Å². The van der Waals surface area contributed by atoms with Gasteiger partial charge in [0.25, 0.3) is 0 Å².